The first kappa shape index (κ1) is 31.0. The molecule has 0 aliphatic rings. The number of aromatic amines is 1. The number of hydrogen-bond acceptors (Lipinski definition) is 7. The predicted octanol–water partition coefficient (Wildman–Crippen LogP) is 4.59. The number of likely N-dealkylation sites (N-methyl/N-ethyl adjacent to an activating group) is 1. The molecule has 224 valence electrons. The molecule has 0 saturated heterocycles. The predicted molar refractivity (Wildman–Crippen MR) is 168 cm³/mol. The van der Waals surface area contributed by atoms with Crippen molar-refractivity contribution in [1.82, 2.24) is 14.8 Å². The Kier molecular flexibility index (Phi) is 9.95. The van der Waals surface area contributed by atoms with Crippen LogP contribution in [0, 0.1) is 0 Å². The SMILES string of the molecule is CCOC(=O)c1ccc2c(C(=Nc3ccc(N(CC(=O)N(C)C)C(=O)CCN(C)C)cc3)c3ccccc3)c(O)[nH]c2c1. The van der Waals surface area contributed by atoms with Crippen molar-refractivity contribution >= 4 is 45.8 Å². The fraction of sp³-hybridized carbons (Fsp3) is 0.273. The van der Waals surface area contributed by atoms with Crippen molar-refractivity contribution in [3.8, 4) is 5.88 Å². The molecule has 4 aromatic rings. The number of anilines is 1. The van der Waals surface area contributed by atoms with Crippen LogP contribution in [-0.4, -0.2) is 91.3 Å². The molecule has 10 heteroatoms. The zero-order valence-electron chi connectivity index (χ0n) is 25.1. The number of nitrogens with zero attached hydrogens (tertiary/aromatic N) is 4. The van der Waals surface area contributed by atoms with Gasteiger partial charge in [0.1, 0.15) is 6.54 Å². The fourth-order valence-corrected chi connectivity index (χ4v) is 4.52. The molecular formula is C33H37N5O5. The number of esters is 1. The van der Waals surface area contributed by atoms with Gasteiger partial charge in [-0.25, -0.2) is 9.79 Å². The minimum absolute atomic E-state index is 0.0753. The number of H-pyrrole nitrogens is 1. The van der Waals surface area contributed by atoms with Crippen LogP contribution in [0.15, 0.2) is 77.8 Å². The summed E-state index contributed by atoms with van der Waals surface area (Å²) >= 11 is 0. The summed E-state index contributed by atoms with van der Waals surface area (Å²) in [4.78, 5) is 50.7. The van der Waals surface area contributed by atoms with E-state index in [4.69, 9.17) is 9.73 Å². The summed E-state index contributed by atoms with van der Waals surface area (Å²) < 4.78 is 5.12. The summed E-state index contributed by atoms with van der Waals surface area (Å²) in [6, 6.07) is 21.6. The van der Waals surface area contributed by atoms with E-state index in [0.29, 0.717) is 45.7 Å². The number of ether oxygens (including phenoxy) is 1. The van der Waals surface area contributed by atoms with Crippen molar-refractivity contribution in [3.63, 3.8) is 0 Å². The number of rotatable bonds is 11. The van der Waals surface area contributed by atoms with Gasteiger partial charge in [-0.3, -0.25) is 9.59 Å². The Labute approximate surface area is 251 Å². The van der Waals surface area contributed by atoms with Crippen LogP contribution < -0.4 is 4.90 Å². The largest absolute Gasteiger partial charge is 0.494 e. The highest BCUT2D eigenvalue weighted by atomic mass is 16.5. The van der Waals surface area contributed by atoms with Crippen LogP contribution in [-0.2, 0) is 14.3 Å². The maximum Gasteiger partial charge on any atom is 0.338 e. The fourth-order valence-electron chi connectivity index (χ4n) is 4.52. The van der Waals surface area contributed by atoms with Crippen molar-refractivity contribution in [2.75, 3.05) is 52.8 Å². The Hall–Kier alpha value is -4.96. The summed E-state index contributed by atoms with van der Waals surface area (Å²) in [5, 5.41) is 11.7. The Bertz CT molecular complexity index is 1620. The van der Waals surface area contributed by atoms with Gasteiger partial charge in [0.05, 0.1) is 29.1 Å². The van der Waals surface area contributed by atoms with Crippen molar-refractivity contribution in [3.05, 3.63) is 89.5 Å². The maximum absolute atomic E-state index is 13.1. The topological polar surface area (TPSA) is 119 Å². The normalized spacial score (nSPS) is 11.5. The van der Waals surface area contributed by atoms with E-state index in [0.717, 1.165) is 5.56 Å². The average Bonchev–Trinajstić information content (AvgIpc) is 3.32. The molecule has 2 N–H and O–H groups in total. The Morgan fingerprint density at radius 1 is 0.884 bits per heavy atom. The van der Waals surface area contributed by atoms with Crippen molar-refractivity contribution in [2.24, 2.45) is 4.99 Å². The van der Waals surface area contributed by atoms with Crippen LogP contribution in [0.2, 0.25) is 0 Å². The number of aromatic nitrogens is 1. The monoisotopic (exact) mass is 583 g/mol. The summed E-state index contributed by atoms with van der Waals surface area (Å²) in [7, 11) is 7.10. The van der Waals surface area contributed by atoms with E-state index in [1.54, 1.807) is 63.5 Å². The van der Waals surface area contributed by atoms with Crippen LogP contribution in [0.3, 0.4) is 0 Å². The molecule has 4 rings (SSSR count). The highest BCUT2D eigenvalue weighted by Gasteiger charge is 2.22. The second-order valence-corrected chi connectivity index (χ2v) is 10.5. The van der Waals surface area contributed by atoms with Crippen LogP contribution in [0.4, 0.5) is 11.4 Å². The number of benzene rings is 3. The zero-order valence-corrected chi connectivity index (χ0v) is 25.1. The number of fused-ring (bicyclic) bond motifs is 1. The van der Waals surface area contributed by atoms with E-state index in [2.05, 4.69) is 4.98 Å². The summed E-state index contributed by atoms with van der Waals surface area (Å²) in [5.41, 5.74) is 3.87. The molecule has 0 saturated carbocycles. The highest BCUT2D eigenvalue weighted by Crippen LogP contribution is 2.32. The smallest absolute Gasteiger partial charge is 0.338 e. The van der Waals surface area contributed by atoms with Crippen molar-refractivity contribution in [2.45, 2.75) is 13.3 Å². The molecule has 0 fully saturated rings. The standard InChI is InChI=1S/C33H37N5O5/c1-6-43-33(42)23-12-17-26-27(20-23)35-32(41)30(26)31(22-10-8-7-9-11-22)34-24-13-15-25(16-14-24)38(21-29(40)37(4)5)28(39)18-19-36(2)3/h7-17,20,35,41H,6,18-19,21H2,1-5H3. The number of carbonyl (C=O) groups excluding carboxylic acids is 3. The van der Waals surface area contributed by atoms with Gasteiger partial charge in [-0.1, -0.05) is 36.4 Å². The van der Waals surface area contributed by atoms with Gasteiger partial charge in [0.25, 0.3) is 0 Å². The van der Waals surface area contributed by atoms with E-state index in [-0.39, 0.29) is 37.3 Å². The lowest BCUT2D eigenvalue weighted by molar-refractivity contribution is -0.129. The number of nitrogens with one attached hydrogen (secondary N) is 1. The summed E-state index contributed by atoms with van der Waals surface area (Å²) in [6.07, 6.45) is 0.267. The van der Waals surface area contributed by atoms with E-state index < -0.39 is 5.97 Å². The van der Waals surface area contributed by atoms with Gasteiger partial charge in [0, 0.05) is 49.2 Å². The minimum Gasteiger partial charge on any atom is -0.494 e. The lowest BCUT2D eigenvalue weighted by Crippen LogP contribution is -2.41. The van der Waals surface area contributed by atoms with E-state index in [9.17, 15) is 19.5 Å². The van der Waals surface area contributed by atoms with Gasteiger partial charge in [-0.05, 0) is 57.4 Å². The molecule has 0 spiro atoms. The van der Waals surface area contributed by atoms with Gasteiger partial charge in [-0.2, -0.15) is 0 Å². The van der Waals surface area contributed by atoms with Gasteiger partial charge in [0.15, 0.2) is 5.88 Å². The molecule has 0 atom stereocenters. The Balaban J connectivity index is 1.75. The second kappa shape index (κ2) is 13.8. The quantitative estimate of drug-likeness (QED) is 0.197. The van der Waals surface area contributed by atoms with E-state index in [1.165, 1.54) is 9.80 Å². The van der Waals surface area contributed by atoms with Crippen LogP contribution >= 0.6 is 0 Å². The highest BCUT2D eigenvalue weighted by molar-refractivity contribution is 6.22. The molecule has 0 unspecified atom stereocenters. The number of aliphatic imine (C=N–C) groups is 1. The molecule has 1 heterocycles. The Morgan fingerprint density at radius 3 is 2.21 bits per heavy atom. The molecule has 0 bridgehead atoms. The van der Waals surface area contributed by atoms with Crippen molar-refractivity contribution < 1.29 is 24.2 Å². The average molecular weight is 584 g/mol. The van der Waals surface area contributed by atoms with Gasteiger partial charge in [-0.15, -0.1) is 0 Å². The molecule has 3 aromatic carbocycles. The number of aromatic hydroxyl groups is 1. The minimum atomic E-state index is -0.446. The molecule has 0 radical (unpaired) electrons. The number of carbonyl (C=O) groups is 3. The maximum atomic E-state index is 13.1. The number of hydrogen-bond donors (Lipinski definition) is 2. The third-order valence-corrected chi connectivity index (χ3v) is 6.84. The van der Waals surface area contributed by atoms with E-state index >= 15 is 0 Å². The number of amides is 2. The lowest BCUT2D eigenvalue weighted by Gasteiger charge is -2.25. The summed E-state index contributed by atoms with van der Waals surface area (Å²) in [6.45, 7) is 2.49. The van der Waals surface area contributed by atoms with Crippen LogP contribution in [0.25, 0.3) is 10.9 Å². The molecule has 43 heavy (non-hydrogen) atoms. The Morgan fingerprint density at radius 2 is 1.58 bits per heavy atom. The zero-order chi connectivity index (χ0) is 31.1. The molecular weight excluding hydrogens is 546 g/mol. The molecule has 0 aliphatic carbocycles. The molecule has 2 amide bonds. The second-order valence-electron chi connectivity index (χ2n) is 10.5. The van der Waals surface area contributed by atoms with Crippen LogP contribution in [0.1, 0.15) is 34.8 Å². The van der Waals surface area contributed by atoms with Gasteiger partial charge in [0.2, 0.25) is 11.8 Å². The first-order chi connectivity index (χ1) is 20.6. The first-order valence-corrected chi connectivity index (χ1v) is 14.0. The van der Waals surface area contributed by atoms with Crippen LogP contribution in [0.5, 0.6) is 5.88 Å². The van der Waals surface area contributed by atoms with E-state index in [1.807, 2.05) is 49.3 Å². The van der Waals surface area contributed by atoms with Gasteiger partial charge >= 0.3 is 5.97 Å². The third kappa shape index (κ3) is 7.47. The van der Waals surface area contributed by atoms with Gasteiger partial charge < -0.3 is 29.5 Å². The van der Waals surface area contributed by atoms with Crippen molar-refractivity contribution in [1.29, 1.82) is 0 Å². The third-order valence-electron chi connectivity index (χ3n) is 6.84. The first-order valence-electron chi connectivity index (χ1n) is 14.0. The summed E-state index contributed by atoms with van der Waals surface area (Å²) in [5.74, 6) is -0.877. The molecule has 1 aromatic heterocycles. The lowest BCUT2D eigenvalue weighted by atomic mass is 10.00. The molecule has 0 aliphatic heterocycles. The molecule has 10 nitrogen and oxygen atoms in total.